The Balaban J connectivity index is 2.05. The highest BCUT2D eigenvalue weighted by Crippen LogP contribution is 2.49. The van der Waals surface area contributed by atoms with E-state index >= 15 is 0 Å². The average Bonchev–Trinajstić information content (AvgIpc) is 3.17. The van der Waals surface area contributed by atoms with Crippen LogP contribution in [0, 0.1) is 5.41 Å². The average molecular weight is 264 g/mol. The molecule has 2 rings (SSSR count). The zero-order chi connectivity index (χ0) is 13.9. The number of anilines is 3. The van der Waals surface area contributed by atoms with Crippen molar-refractivity contribution in [2.75, 3.05) is 43.2 Å². The van der Waals surface area contributed by atoms with Crippen molar-refractivity contribution in [2.45, 2.75) is 32.6 Å². The van der Waals surface area contributed by atoms with Crippen LogP contribution >= 0.6 is 0 Å². The number of aromatic nitrogens is 3. The third-order valence-corrected chi connectivity index (χ3v) is 3.61. The van der Waals surface area contributed by atoms with Gasteiger partial charge in [-0.2, -0.15) is 15.0 Å². The van der Waals surface area contributed by atoms with Crippen LogP contribution in [0.15, 0.2) is 0 Å². The lowest BCUT2D eigenvalue weighted by Gasteiger charge is -2.17. The number of rotatable bonds is 7. The second kappa shape index (κ2) is 5.59. The highest BCUT2D eigenvalue weighted by molar-refractivity contribution is 5.42. The number of nitrogens with one attached hydrogen (secondary N) is 2. The Morgan fingerprint density at radius 3 is 2.37 bits per heavy atom. The highest BCUT2D eigenvalue weighted by atomic mass is 15.3. The van der Waals surface area contributed by atoms with Crippen LogP contribution in [0.5, 0.6) is 0 Å². The van der Waals surface area contributed by atoms with Crippen molar-refractivity contribution in [3.05, 3.63) is 0 Å². The zero-order valence-corrected chi connectivity index (χ0v) is 12.3. The van der Waals surface area contributed by atoms with E-state index in [-0.39, 0.29) is 0 Å². The maximum atomic E-state index is 4.42. The van der Waals surface area contributed by atoms with E-state index in [1.165, 1.54) is 25.7 Å². The van der Waals surface area contributed by atoms with Crippen LogP contribution in [-0.2, 0) is 0 Å². The van der Waals surface area contributed by atoms with Crippen molar-refractivity contribution in [3.63, 3.8) is 0 Å². The molecule has 1 heterocycles. The zero-order valence-electron chi connectivity index (χ0n) is 12.3. The van der Waals surface area contributed by atoms with Gasteiger partial charge in [-0.25, -0.2) is 0 Å². The summed E-state index contributed by atoms with van der Waals surface area (Å²) in [6.07, 6.45) is 5.16. The summed E-state index contributed by atoms with van der Waals surface area (Å²) in [5.41, 5.74) is 0.486. The molecule has 2 N–H and O–H groups in total. The van der Waals surface area contributed by atoms with Crippen molar-refractivity contribution in [1.82, 2.24) is 15.0 Å². The van der Waals surface area contributed by atoms with E-state index in [0.717, 1.165) is 6.54 Å². The van der Waals surface area contributed by atoms with Crippen molar-refractivity contribution in [2.24, 2.45) is 5.41 Å². The van der Waals surface area contributed by atoms with E-state index in [2.05, 4.69) is 32.5 Å². The summed E-state index contributed by atoms with van der Waals surface area (Å²) in [5, 5.41) is 6.35. The van der Waals surface area contributed by atoms with Gasteiger partial charge < -0.3 is 15.5 Å². The van der Waals surface area contributed by atoms with Gasteiger partial charge in [0.1, 0.15) is 0 Å². The van der Waals surface area contributed by atoms with Gasteiger partial charge in [0, 0.05) is 27.7 Å². The second-order valence-electron chi connectivity index (χ2n) is 5.53. The summed E-state index contributed by atoms with van der Waals surface area (Å²) in [7, 11) is 5.67. The van der Waals surface area contributed by atoms with Crippen LogP contribution in [0.2, 0.25) is 0 Å². The van der Waals surface area contributed by atoms with E-state index in [1.807, 2.05) is 26.0 Å². The van der Waals surface area contributed by atoms with E-state index in [1.54, 1.807) is 0 Å². The molecular weight excluding hydrogens is 240 g/mol. The van der Waals surface area contributed by atoms with Crippen LogP contribution in [0.25, 0.3) is 0 Å². The van der Waals surface area contributed by atoms with Gasteiger partial charge >= 0.3 is 0 Å². The minimum absolute atomic E-state index is 0.486. The molecule has 0 spiro atoms. The molecule has 0 unspecified atom stereocenters. The number of hydrogen-bond acceptors (Lipinski definition) is 6. The van der Waals surface area contributed by atoms with Crippen molar-refractivity contribution in [3.8, 4) is 0 Å². The first kappa shape index (κ1) is 13.8. The molecule has 0 amide bonds. The highest BCUT2D eigenvalue weighted by Gasteiger charge is 2.41. The molecule has 0 radical (unpaired) electrons. The van der Waals surface area contributed by atoms with E-state index in [0.29, 0.717) is 23.3 Å². The maximum absolute atomic E-state index is 4.42. The van der Waals surface area contributed by atoms with Crippen LogP contribution in [0.3, 0.4) is 0 Å². The maximum Gasteiger partial charge on any atom is 0.231 e. The lowest BCUT2D eigenvalue weighted by atomic mass is 10.0. The molecule has 19 heavy (non-hydrogen) atoms. The quantitative estimate of drug-likeness (QED) is 0.785. The van der Waals surface area contributed by atoms with Gasteiger partial charge in [-0.15, -0.1) is 0 Å². The Morgan fingerprint density at radius 2 is 1.84 bits per heavy atom. The Morgan fingerprint density at radius 1 is 1.16 bits per heavy atom. The fourth-order valence-electron chi connectivity index (χ4n) is 2.24. The molecule has 106 valence electrons. The Hall–Kier alpha value is -1.59. The number of hydrogen-bond donors (Lipinski definition) is 2. The third-order valence-electron chi connectivity index (χ3n) is 3.61. The van der Waals surface area contributed by atoms with E-state index in [9.17, 15) is 0 Å². The summed E-state index contributed by atoms with van der Waals surface area (Å²) in [5.74, 6) is 1.93. The summed E-state index contributed by atoms with van der Waals surface area (Å²) in [6.45, 7) is 3.20. The fourth-order valence-corrected chi connectivity index (χ4v) is 2.24. The molecule has 0 atom stereocenters. The molecule has 0 bridgehead atoms. The molecule has 6 heteroatoms. The third kappa shape index (κ3) is 3.45. The topological polar surface area (TPSA) is 66.0 Å². The number of nitrogens with zero attached hydrogens (tertiary/aromatic N) is 4. The Kier molecular flexibility index (Phi) is 4.07. The normalized spacial score (nSPS) is 16.0. The smallest absolute Gasteiger partial charge is 0.231 e. The van der Waals surface area contributed by atoms with Gasteiger partial charge in [-0.1, -0.05) is 13.3 Å². The molecule has 1 fully saturated rings. The van der Waals surface area contributed by atoms with Crippen LogP contribution in [0.1, 0.15) is 32.6 Å². The Bertz CT molecular complexity index is 427. The summed E-state index contributed by atoms with van der Waals surface area (Å²) in [4.78, 5) is 15.0. The van der Waals surface area contributed by atoms with E-state index in [4.69, 9.17) is 0 Å². The lowest BCUT2D eigenvalue weighted by Crippen LogP contribution is -2.20. The lowest BCUT2D eigenvalue weighted by molar-refractivity contribution is 0.484. The molecule has 6 nitrogen and oxygen atoms in total. The monoisotopic (exact) mass is 264 g/mol. The summed E-state index contributed by atoms with van der Waals surface area (Å²) < 4.78 is 0. The van der Waals surface area contributed by atoms with Gasteiger partial charge in [-0.05, 0) is 24.7 Å². The largest absolute Gasteiger partial charge is 0.357 e. The standard InChI is InChI=1S/C13H24N6/c1-5-6-13(7-8-13)9-15-11-16-10(14-2)17-12(18-11)19(3)4/h5-9H2,1-4H3,(H2,14,15,16,17,18). The predicted molar refractivity (Wildman–Crippen MR) is 78.8 cm³/mol. The van der Waals surface area contributed by atoms with Gasteiger partial charge in [0.2, 0.25) is 17.8 Å². The predicted octanol–water partition coefficient (Wildman–Crippen LogP) is 1.97. The SMILES string of the molecule is CCCC1(CNc2nc(NC)nc(N(C)C)n2)CC1. The van der Waals surface area contributed by atoms with E-state index < -0.39 is 0 Å². The Labute approximate surface area is 115 Å². The molecule has 1 saturated carbocycles. The molecule has 1 aromatic heterocycles. The van der Waals surface area contributed by atoms with Crippen molar-refractivity contribution in [1.29, 1.82) is 0 Å². The van der Waals surface area contributed by atoms with Crippen molar-refractivity contribution >= 4 is 17.8 Å². The van der Waals surface area contributed by atoms with Crippen LogP contribution in [-0.4, -0.2) is 42.6 Å². The fraction of sp³-hybridized carbons (Fsp3) is 0.769. The van der Waals surface area contributed by atoms with Gasteiger partial charge in [0.05, 0.1) is 0 Å². The summed E-state index contributed by atoms with van der Waals surface area (Å²) >= 11 is 0. The van der Waals surface area contributed by atoms with Gasteiger partial charge in [-0.3, -0.25) is 0 Å². The molecule has 1 aliphatic carbocycles. The molecule has 0 aliphatic heterocycles. The second-order valence-corrected chi connectivity index (χ2v) is 5.53. The molecule has 1 aliphatic rings. The minimum atomic E-state index is 0.486. The first-order valence-electron chi connectivity index (χ1n) is 6.93. The summed E-state index contributed by atoms with van der Waals surface area (Å²) in [6, 6.07) is 0. The van der Waals surface area contributed by atoms with Gasteiger partial charge in [0.25, 0.3) is 0 Å². The van der Waals surface area contributed by atoms with Crippen molar-refractivity contribution < 1.29 is 0 Å². The van der Waals surface area contributed by atoms with Gasteiger partial charge in [0.15, 0.2) is 0 Å². The first-order valence-corrected chi connectivity index (χ1v) is 6.93. The first-order chi connectivity index (χ1) is 9.08. The molecular formula is C13H24N6. The molecule has 1 aromatic rings. The minimum Gasteiger partial charge on any atom is -0.357 e. The molecule has 0 saturated heterocycles. The van der Waals surface area contributed by atoms with Crippen LogP contribution in [0.4, 0.5) is 17.8 Å². The van der Waals surface area contributed by atoms with Crippen LogP contribution < -0.4 is 15.5 Å². The molecule has 0 aromatic carbocycles.